The molecule has 1 aliphatic heterocycles. The molecule has 0 saturated carbocycles. The zero-order valence-electron chi connectivity index (χ0n) is 12.3. The average molecular weight is 270 g/mol. The molecular weight excluding hydrogens is 244 g/mol. The van der Waals surface area contributed by atoms with Gasteiger partial charge in [0.25, 0.3) is 0 Å². The average Bonchev–Trinajstić information content (AvgIpc) is 2.40. The Morgan fingerprint density at radius 2 is 2.16 bits per heavy atom. The molecule has 0 aromatic rings. The second-order valence-corrected chi connectivity index (χ2v) is 5.28. The van der Waals surface area contributed by atoms with Crippen LogP contribution >= 0.6 is 0 Å². The van der Waals surface area contributed by atoms with E-state index in [9.17, 15) is 9.59 Å². The van der Waals surface area contributed by atoms with E-state index in [-0.39, 0.29) is 24.0 Å². The number of nitrogens with zero attached hydrogens (tertiary/aromatic N) is 1. The zero-order valence-corrected chi connectivity index (χ0v) is 12.3. The molecule has 1 saturated heterocycles. The van der Waals surface area contributed by atoms with Crippen LogP contribution in [0.25, 0.3) is 0 Å². The molecule has 1 N–H and O–H groups in total. The van der Waals surface area contributed by atoms with Crippen molar-refractivity contribution >= 4 is 11.9 Å². The number of esters is 1. The molecule has 0 aromatic heterocycles. The van der Waals surface area contributed by atoms with Crippen molar-refractivity contribution in [3.8, 4) is 0 Å². The maximum atomic E-state index is 11.9. The van der Waals surface area contributed by atoms with Gasteiger partial charge >= 0.3 is 5.97 Å². The summed E-state index contributed by atoms with van der Waals surface area (Å²) in [6.07, 6.45) is 4.48. The van der Waals surface area contributed by atoms with Gasteiger partial charge in [0.1, 0.15) is 0 Å². The molecule has 1 heterocycles. The predicted molar refractivity (Wildman–Crippen MR) is 73.7 cm³/mol. The molecule has 5 heteroatoms. The maximum absolute atomic E-state index is 11.9. The minimum Gasteiger partial charge on any atom is -0.469 e. The Balaban J connectivity index is 2.47. The number of methoxy groups -OCH3 is 1. The topological polar surface area (TPSA) is 58.6 Å². The number of hydrogen-bond donors (Lipinski definition) is 1. The van der Waals surface area contributed by atoms with Crippen LogP contribution in [-0.4, -0.2) is 49.1 Å². The molecule has 0 radical (unpaired) electrons. The van der Waals surface area contributed by atoms with Crippen molar-refractivity contribution in [2.24, 2.45) is 0 Å². The third-order valence-corrected chi connectivity index (χ3v) is 3.75. The standard InChI is InChI=1S/C14H26N2O3/c1-4-11(2)15-13(17)10-16-8-6-5-7-12(16)9-14(18)19-3/h11-12H,4-10H2,1-3H3,(H,15,17). The molecule has 0 spiro atoms. The summed E-state index contributed by atoms with van der Waals surface area (Å²) in [5.74, 6) is -0.148. The minimum absolute atomic E-state index is 0.0473. The predicted octanol–water partition coefficient (Wildman–Crippen LogP) is 1.32. The summed E-state index contributed by atoms with van der Waals surface area (Å²) in [6.45, 7) is 5.31. The summed E-state index contributed by atoms with van der Waals surface area (Å²) < 4.78 is 4.72. The van der Waals surface area contributed by atoms with Crippen LogP contribution in [0, 0.1) is 0 Å². The van der Waals surface area contributed by atoms with E-state index in [2.05, 4.69) is 10.2 Å². The Bertz CT molecular complexity index is 307. The van der Waals surface area contributed by atoms with E-state index in [1.54, 1.807) is 0 Å². The summed E-state index contributed by atoms with van der Waals surface area (Å²) in [4.78, 5) is 25.4. The van der Waals surface area contributed by atoms with E-state index >= 15 is 0 Å². The van der Waals surface area contributed by atoms with Gasteiger partial charge in [-0.2, -0.15) is 0 Å². The van der Waals surface area contributed by atoms with Gasteiger partial charge in [-0.15, -0.1) is 0 Å². The Kier molecular flexibility index (Phi) is 6.84. The summed E-state index contributed by atoms with van der Waals surface area (Å²) in [5, 5.41) is 2.97. The number of likely N-dealkylation sites (tertiary alicyclic amines) is 1. The van der Waals surface area contributed by atoms with Crippen LogP contribution in [0.1, 0.15) is 46.0 Å². The fourth-order valence-electron chi connectivity index (χ4n) is 2.38. The van der Waals surface area contributed by atoms with Crippen molar-refractivity contribution in [3.63, 3.8) is 0 Å². The van der Waals surface area contributed by atoms with Gasteiger partial charge in [0, 0.05) is 12.1 Å². The van der Waals surface area contributed by atoms with Gasteiger partial charge in [0.05, 0.1) is 20.1 Å². The quantitative estimate of drug-likeness (QED) is 0.740. The van der Waals surface area contributed by atoms with Crippen LogP contribution in [0.3, 0.4) is 0 Å². The first-order valence-corrected chi connectivity index (χ1v) is 7.17. The monoisotopic (exact) mass is 270 g/mol. The highest BCUT2D eigenvalue weighted by Crippen LogP contribution is 2.19. The number of piperidine rings is 1. The third kappa shape index (κ3) is 5.59. The second kappa shape index (κ2) is 8.15. The van der Waals surface area contributed by atoms with Crippen LogP contribution in [0.5, 0.6) is 0 Å². The van der Waals surface area contributed by atoms with Crippen molar-refractivity contribution in [2.45, 2.75) is 58.0 Å². The Morgan fingerprint density at radius 3 is 2.79 bits per heavy atom. The van der Waals surface area contributed by atoms with Crippen molar-refractivity contribution in [1.82, 2.24) is 10.2 Å². The normalized spacial score (nSPS) is 21.7. The Hall–Kier alpha value is -1.10. The number of carbonyl (C=O) groups excluding carboxylic acids is 2. The molecule has 1 amide bonds. The van der Waals surface area contributed by atoms with Crippen molar-refractivity contribution in [1.29, 1.82) is 0 Å². The summed E-state index contributed by atoms with van der Waals surface area (Å²) in [5.41, 5.74) is 0. The first kappa shape index (κ1) is 16.0. The molecule has 0 aliphatic carbocycles. The smallest absolute Gasteiger partial charge is 0.307 e. The van der Waals surface area contributed by atoms with Crippen LogP contribution in [-0.2, 0) is 14.3 Å². The molecule has 5 nitrogen and oxygen atoms in total. The largest absolute Gasteiger partial charge is 0.469 e. The van der Waals surface area contributed by atoms with Gasteiger partial charge in [-0.05, 0) is 32.7 Å². The lowest BCUT2D eigenvalue weighted by atomic mass is 9.99. The van der Waals surface area contributed by atoms with Crippen molar-refractivity contribution in [3.05, 3.63) is 0 Å². The van der Waals surface area contributed by atoms with Crippen LogP contribution in [0.15, 0.2) is 0 Å². The molecule has 1 fully saturated rings. The van der Waals surface area contributed by atoms with E-state index in [1.807, 2.05) is 13.8 Å². The van der Waals surface area contributed by atoms with Gasteiger partial charge in [-0.1, -0.05) is 13.3 Å². The summed E-state index contributed by atoms with van der Waals surface area (Å²) >= 11 is 0. The number of hydrogen-bond acceptors (Lipinski definition) is 4. The van der Waals surface area contributed by atoms with Gasteiger partial charge in [0.2, 0.25) is 5.91 Å². The van der Waals surface area contributed by atoms with E-state index < -0.39 is 0 Å². The Morgan fingerprint density at radius 1 is 1.42 bits per heavy atom. The lowest BCUT2D eigenvalue weighted by Crippen LogP contribution is -2.47. The first-order chi connectivity index (χ1) is 9.06. The summed E-state index contributed by atoms with van der Waals surface area (Å²) in [7, 11) is 1.41. The SMILES string of the molecule is CCC(C)NC(=O)CN1CCCCC1CC(=O)OC. The lowest BCUT2D eigenvalue weighted by molar-refractivity contribution is -0.143. The summed E-state index contributed by atoms with van der Waals surface area (Å²) in [6, 6.07) is 0.347. The molecule has 1 rings (SSSR count). The number of amides is 1. The second-order valence-electron chi connectivity index (χ2n) is 5.28. The van der Waals surface area contributed by atoms with Gasteiger partial charge < -0.3 is 10.1 Å². The number of nitrogens with one attached hydrogen (secondary N) is 1. The van der Waals surface area contributed by atoms with E-state index in [4.69, 9.17) is 4.74 Å². The fourth-order valence-corrected chi connectivity index (χ4v) is 2.38. The van der Waals surface area contributed by atoms with E-state index in [0.29, 0.717) is 13.0 Å². The molecule has 0 bridgehead atoms. The molecule has 2 unspecified atom stereocenters. The molecular formula is C14H26N2O3. The maximum Gasteiger partial charge on any atom is 0.307 e. The number of carbonyl (C=O) groups is 2. The molecule has 1 aliphatic rings. The minimum atomic E-state index is -0.195. The first-order valence-electron chi connectivity index (χ1n) is 7.17. The van der Waals surface area contributed by atoms with Gasteiger partial charge in [-0.3, -0.25) is 14.5 Å². The van der Waals surface area contributed by atoms with Crippen LogP contribution in [0.2, 0.25) is 0 Å². The third-order valence-electron chi connectivity index (χ3n) is 3.75. The van der Waals surface area contributed by atoms with Crippen LogP contribution in [0.4, 0.5) is 0 Å². The van der Waals surface area contributed by atoms with Crippen LogP contribution < -0.4 is 5.32 Å². The van der Waals surface area contributed by atoms with E-state index in [1.165, 1.54) is 7.11 Å². The highest BCUT2D eigenvalue weighted by molar-refractivity contribution is 5.78. The van der Waals surface area contributed by atoms with Crippen molar-refractivity contribution < 1.29 is 14.3 Å². The van der Waals surface area contributed by atoms with Gasteiger partial charge in [-0.25, -0.2) is 0 Å². The highest BCUT2D eigenvalue weighted by Gasteiger charge is 2.26. The van der Waals surface area contributed by atoms with Crippen molar-refractivity contribution in [2.75, 3.05) is 20.2 Å². The number of rotatable bonds is 6. The fraction of sp³-hybridized carbons (Fsp3) is 0.857. The van der Waals surface area contributed by atoms with E-state index in [0.717, 1.165) is 32.2 Å². The lowest BCUT2D eigenvalue weighted by Gasteiger charge is -2.34. The highest BCUT2D eigenvalue weighted by atomic mass is 16.5. The van der Waals surface area contributed by atoms with Gasteiger partial charge in [0.15, 0.2) is 0 Å². The zero-order chi connectivity index (χ0) is 14.3. The number of ether oxygens (including phenoxy) is 1. The molecule has 2 atom stereocenters. The Labute approximate surface area is 115 Å². The molecule has 0 aromatic carbocycles. The molecule has 110 valence electrons. The molecule has 19 heavy (non-hydrogen) atoms.